The molecule has 0 spiro atoms. The van der Waals surface area contributed by atoms with Gasteiger partial charge in [0.1, 0.15) is 29.3 Å². The molecule has 0 saturated heterocycles. The maximum atomic E-state index is 13.3. The summed E-state index contributed by atoms with van der Waals surface area (Å²) in [4.78, 5) is 25.9. The lowest BCUT2D eigenvalue weighted by molar-refractivity contribution is -0.124. The molecule has 4 heteroatoms. The van der Waals surface area contributed by atoms with Crippen LogP contribution in [0, 0.1) is 0 Å². The van der Waals surface area contributed by atoms with Gasteiger partial charge < -0.3 is 5.32 Å². The van der Waals surface area contributed by atoms with Gasteiger partial charge in [0, 0.05) is 5.69 Å². The van der Waals surface area contributed by atoms with E-state index in [0.29, 0.717) is 11.8 Å². The molecule has 0 aliphatic rings. The minimum atomic E-state index is -2.28. The Morgan fingerprint density at radius 3 is 1.34 bits per heavy atom. The maximum Gasteiger partial charge on any atom is 0.231 e. The molecule has 0 aromatic heterocycles. The lowest BCUT2D eigenvalue weighted by Gasteiger charge is -2.27. The van der Waals surface area contributed by atoms with Crippen molar-refractivity contribution in [3.8, 4) is 0 Å². The number of Topliss-reactive ketones (excluding diaryl/α,β-unsaturated/α-hetero) is 1. The fraction of sp³-hybridized carbons (Fsp3) is 0.0714. The number of carbonyl (C=O) groups excluding carboxylic acids is 2. The average Bonchev–Trinajstić information content (AvgIpc) is 2.85. The summed E-state index contributed by atoms with van der Waals surface area (Å²) in [6.07, 6.45) is 0.149. The molecule has 0 bridgehead atoms. The van der Waals surface area contributed by atoms with Crippen LogP contribution in [0.2, 0.25) is 0 Å². The molecule has 0 fully saturated rings. The normalized spacial score (nSPS) is 11.0. The van der Waals surface area contributed by atoms with Gasteiger partial charge in [0.15, 0.2) is 5.78 Å². The highest BCUT2D eigenvalue weighted by Gasteiger charge is 2.47. The highest BCUT2D eigenvalue weighted by atomic mass is 31.2. The molecule has 0 saturated carbocycles. The molecule has 0 radical (unpaired) electrons. The molecular formula is C28H25NO2P+. The van der Waals surface area contributed by atoms with E-state index in [9.17, 15) is 9.59 Å². The van der Waals surface area contributed by atoms with E-state index in [4.69, 9.17) is 0 Å². The number of carbonyl (C=O) groups is 2. The van der Waals surface area contributed by atoms with Gasteiger partial charge in [0.2, 0.25) is 5.91 Å². The lowest BCUT2D eigenvalue weighted by Crippen LogP contribution is -2.36. The van der Waals surface area contributed by atoms with Crippen molar-refractivity contribution in [2.75, 3.05) is 11.5 Å². The number of hydrogen-bond acceptors (Lipinski definition) is 2. The maximum absolute atomic E-state index is 13.3. The van der Waals surface area contributed by atoms with Crippen molar-refractivity contribution in [1.82, 2.24) is 0 Å². The Hall–Kier alpha value is -3.55. The smallest absolute Gasteiger partial charge is 0.231 e. The van der Waals surface area contributed by atoms with Gasteiger partial charge in [-0.2, -0.15) is 0 Å². The van der Waals surface area contributed by atoms with Crippen molar-refractivity contribution in [3.63, 3.8) is 0 Å². The van der Waals surface area contributed by atoms with Gasteiger partial charge >= 0.3 is 0 Å². The summed E-state index contributed by atoms with van der Waals surface area (Å²) in [6.45, 7) is 0. The second kappa shape index (κ2) is 10.2. The number of rotatable bonds is 8. The van der Waals surface area contributed by atoms with Crippen LogP contribution in [0.1, 0.15) is 6.42 Å². The van der Waals surface area contributed by atoms with E-state index in [2.05, 4.69) is 41.7 Å². The Morgan fingerprint density at radius 1 is 0.562 bits per heavy atom. The SMILES string of the molecule is O=C(CC(=O)Nc1ccccc1)C[P+](c1ccccc1)(c1ccccc1)c1ccccc1. The number of benzene rings is 4. The number of ketones is 1. The molecule has 0 atom stereocenters. The molecule has 0 heterocycles. The third-order valence-electron chi connectivity index (χ3n) is 5.42. The molecule has 158 valence electrons. The van der Waals surface area contributed by atoms with E-state index in [0.717, 1.165) is 15.9 Å². The average molecular weight is 438 g/mol. The molecule has 4 aromatic rings. The Labute approximate surface area is 189 Å². The number of hydrogen-bond donors (Lipinski definition) is 1. The van der Waals surface area contributed by atoms with E-state index in [1.807, 2.05) is 84.9 Å². The quantitative estimate of drug-likeness (QED) is 0.323. The van der Waals surface area contributed by atoms with Gasteiger partial charge in [-0.1, -0.05) is 72.8 Å². The number of para-hydroxylation sites is 1. The fourth-order valence-corrected chi connectivity index (χ4v) is 8.12. The van der Waals surface area contributed by atoms with E-state index in [1.165, 1.54) is 0 Å². The standard InChI is InChI=1S/C28H24NO2P/c30-24(21-28(31)29-23-13-5-1-6-14-23)22-32(25-15-7-2-8-16-25,26-17-9-3-10-18-26)27-19-11-4-12-20-27/h1-20H,21-22H2/p+1. The zero-order chi connectivity index (χ0) is 22.2. The second-order valence-electron chi connectivity index (χ2n) is 7.60. The fourth-order valence-electron chi connectivity index (χ4n) is 3.99. The number of nitrogens with one attached hydrogen (secondary N) is 1. The monoisotopic (exact) mass is 438 g/mol. The molecule has 3 nitrogen and oxygen atoms in total. The van der Waals surface area contributed by atoms with Crippen LogP contribution in [-0.4, -0.2) is 17.9 Å². The Balaban J connectivity index is 1.71. The summed E-state index contributed by atoms with van der Waals surface area (Å²) in [5.41, 5.74) is 0.695. The van der Waals surface area contributed by atoms with Crippen LogP contribution >= 0.6 is 7.26 Å². The van der Waals surface area contributed by atoms with Gasteiger partial charge in [0.05, 0.1) is 6.42 Å². The highest BCUT2D eigenvalue weighted by Crippen LogP contribution is 2.55. The summed E-state index contributed by atoms with van der Waals surface area (Å²) < 4.78 is 0. The molecule has 0 aliphatic heterocycles. The van der Waals surface area contributed by atoms with Gasteiger partial charge in [-0.3, -0.25) is 9.59 Å². The molecule has 1 N–H and O–H groups in total. The molecular weight excluding hydrogens is 413 g/mol. The Bertz CT molecular complexity index is 1070. The van der Waals surface area contributed by atoms with Crippen molar-refractivity contribution in [3.05, 3.63) is 121 Å². The van der Waals surface area contributed by atoms with Crippen molar-refractivity contribution in [2.24, 2.45) is 0 Å². The minimum absolute atomic E-state index is 0.0664. The predicted octanol–water partition coefficient (Wildman–Crippen LogP) is 4.58. The van der Waals surface area contributed by atoms with E-state index in [-0.39, 0.29) is 18.1 Å². The first-order chi connectivity index (χ1) is 15.7. The largest absolute Gasteiger partial charge is 0.326 e. The summed E-state index contributed by atoms with van der Waals surface area (Å²) in [5.74, 6) is -0.350. The summed E-state index contributed by atoms with van der Waals surface area (Å²) in [5, 5.41) is 6.23. The topological polar surface area (TPSA) is 46.2 Å². The molecule has 0 unspecified atom stereocenters. The van der Waals surface area contributed by atoms with Gasteiger partial charge in [-0.25, -0.2) is 0 Å². The summed E-state index contributed by atoms with van der Waals surface area (Å²) in [7, 11) is -2.28. The van der Waals surface area contributed by atoms with Gasteiger partial charge in [-0.05, 0) is 48.5 Å². The van der Waals surface area contributed by atoms with Crippen molar-refractivity contribution < 1.29 is 9.59 Å². The highest BCUT2D eigenvalue weighted by molar-refractivity contribution is 7.96. The van der Waals surface area contributed by atoms with E-state index < -0.39 is 7.26 Å². The number of anilines is 1. The first kappa shape index (κ1) is 21.7. The van der Waals surface area contributed by atoms with Crippen LogP contribution in [0.4, 0.5) is 5.69 Å². The molecule has 4 rings (SSSR count). The van der Waals surface area contributed by atoms with Crippen molar-refractivity contribution >= 4 is 40.6 Å². The Kier molecular flexibility index (Phi) is 6.89. The van der Waals surface area contributed by atoms with Crippen LogP contribution in [0.15, 0.2) is 121 Å². The third-order valence-corrected chi connectivity index (χ3v) is 9.79. The predicted molar refractivity (Wildman–Crippen MR) is 135 cm³/mol. The zero-order valence-corrected chi connectivity index (χ0v) is 18.6. The van der Waals surface area contributed by atoms with Crippen molar-refractivity contribution in [2.45, 2.75) is 6.42 Å². The van der Waals surface area contributed by atoms with Gasteiger partial charge in [0.25, 0.3) is 0 Å². The van der Waals surface area contributed by atoms with E-state index >= 15 is 0 Å². The summed E-state index contributed by atoms with van der Waals surface area (Å²) in [6, 6.07) is 39.9. The van der Waals surface area contributed by atoms with Crippen LogP contribution < -0.4 is 21.2 Å². The summed E-state index contributed by atoms with van der Waals surface area (Å²) >= 11 is 0. The van der Waals surface area contributed by atoms with Crippen LogP contribution in [-0.2, 0) is 9.59 Å². The second-order valence-corrected chi connectivity index (χ2v) is 11.1. The zero-order valence-electron chi connectivity index (χ0n) is 17.7. The van der Waals surface area contributed by atoms with Crippen LogP contribution in [0.5, 0.6) is 0 Å². The Morgan fingerprint density at radius 2 is 0.938 bits per heavy atom. The minimum Gasteiger partial charge on any atom is -0.326 e. The molecule has 32 heavy (non-hydrogen) atoms. The van der Waals surface area contributed by atoms with Crippen LogP contribution in [0.3, 0.4) is 0 Å². The van der Waals surface area contributed by atoms with Gasteiger partial charge in [-0.15, -0.1) is 0 Å². The van der Waals surface area contributed by atoms with Crippen LogP contribution in [0.25, 0.3) is 0 Å². The molecule has 4 aromatic carbocycles. The first-order valence-electron chi connectivity index (χ1n) is 10.6. The molecule has 1 amide bonds. The molecule has 0 aliphatic carbocycles. The first-order valence-corrected chi connectivity index (χ1v) is 12.6. The van der Waals surface area contributed by atoms with E-state index in [1.54, 1.807) is 0 Å². The number of amides is 1. The lowest BCUT2D eigenvalue weighted by atomic mass is 10.2. The van der Waals surface area contributed by atoms with Crippen molar-refractivity contribution in [1.29, 1.82) is 0 Å². The third kappa shape index (κ3) is 4.85.